The van der Waals surface area contributed by atoms with E-state index in [4.69, 9.17) is 0 Å². The Morgan fingerprint density at radius 2 is 2.07 bits per heavy atom. The van der Waals surface area contributed by atoms with E-state index in [-0.39, 0.29) is 5.56 Å². The molecule has 5 rings (SSSR count). The summed E-state index contributed by atoms with van der Waals surface area (Å²) in [6.45, 7) is 10.1. The molecule has 6 nitrogen and oxygen atoms in total. The molecule has 1 aromatic carbocycles. The molecule has 30 heavy (non-hydrogen) atoms. The van der Waals surface area contributed by atoms with Gasteiger partial charge >= 0.3 is 0 Å². The number of aryl methyl sites for hydroxylation is 1. The summed E-state index contributed by atoms with van der Waals surface area (Å²) in [5, 5.41) is 10.5. The van der Waals surface area contributed by atoms with Crippen molar-refractivity contribution in [2.45, 2.75) is 32.0 Å². The molecular formula is C22H24N5OS2+. The third-order valence-corrected chi connectivity index (χ3v) is 7.89. The number of thioether (sulfide) groups is 1. The smallest absolute Gasteiger partial charge is 0.268 e. The highest BCUT2D eigenvalue weighted by Gasteiger charge is 2.28. The Morgan fingerprint density at radius 1 is 1.30 bits per heavy atom. The Morgan fingerprint density at radius 3 is 2.80 bits per heavy atom. The maximum absolute atomic E-state index is 13.8. The lowest BCUT2D eigenvalue weighted by Crippen LogP contribution is -3.08. The Labute approximate surface area is 182 Å². The van der Waals surface area contributed by atoms with E-state index in [2.05, 4.69) is 28.2 Å². The minimum atomic E-state index is 0.00209. The van der Waals surface area contributed by atoms with E-state index in [0.29, 0.717) is 5.78 Å². The molecule has 1 atom stereocenters. The highest BCUT2D eigenvalue weighted by molar-refractivity contribution is 7.99. The summed E-state index contributed by atoms with van der Waals surface area (Å²) in [5.74, 6) is 1.34. The molecule has 0 spiro atoms. The quantitative estimate of drug-likeness (QED) is 0.393. The number of thiophene rings is 1. The van der Waals surface area contributed by atoms with Crippen molar-refractivity contribution in [3.05, 3.63) is 62.8 Å². The number of quaternary nitrogens is 1. The topological polar surface area (TPSA) is 56.6 Å². The van der Waals surface area contributed by atoms with Crippen molar-refractivity contribution in [1.82, 2.24) is 19.2 Å². The van der Waals surface area contributed by atoms with Gasteiger partial charge in [0.05, 0.1) is 29.5 Å². The molecule has 4 heterocycles. The van der Waals surface area contributed by atoms with Gasteiger partial charge in [0.15, 0.2) is 5.16 Å². The van der Waals surface area contributed by atoms with Crippen molar-refractivity contribution in [2.24, 2.45) is 0 Å². The van der Waals surface area contributed by atoms with Gasteiger partial charge in [-0.15, -0.1) is 21.5 Å². The molecule has 3 aromatic heterocycles. The highest BCUT2D eigenvalue weighted by atomic mass is 32.2. The lowest BCUT2D eigenvalue weighted by molar-refractivity contribution is -0.895. The molecule has 0 fully saturated rings. The van der Waals surface area contributed by atoms with Gasteiger partial charge < -0.3 is 4.90 Å². The van der Waals surface area contributed by atoms with Gasteiger partial charge in [0.2, 0.25) is 5.78 Å². The second-order valence-electron chi connectivity index (χ2n) is 8.16. The van der Waals surface area contributed by atoms with Gasteiger partial charge in [-0.3, -0.25) is 4.79 Å². The van der Waals surface area contributed by atoms with Crippen molar-refractivity contribution < 1.29 is 4.90 Å². The lowest BCUT2D eigenvalue weighted by atomic mass is 10.1. The SMILES string of the molecule is C=C(C)CSc1nnc2n(-c3ccc(C)cc3)c(=O)c3c4c(sc3n12)C[NH+](C)CC4. The van der Waals surface area contributed by atoms with Crippen LogP contribution in [0.2, 0.25) is 0 Å². The van der Waals surface area contributed by atoms with Crippen LogP contribution >= 0.6 is 23.1 Å². The molecule has 0 amide bonds. The molecule has 0 radical (unpaired) electrons. The normalized spacial score (nSPS) is 16.3. The molecule has 0 bridgehead atoms. The van der Waals surface area contributed by atoms with Gasteiger partial charge in [-0.05, 0) is 31.5 Å². The first-order valence-corrected chi connectivity index (χ1v) is 11.8. The molecule has 154 valence electrons. The van der Waals surface area contributed by atoms with Crippen LogP contribution in [0.15, 0.2) is 46.4 Å². The molecule has 1 unspecified atom stereocenters. The van der Waals surface area contributed by atoms with E-state index in [9.17, 15) is 4.79 Å². The minimum absolute atomic E-state index is 0.00209. The molecule has 0 saturated carbocycles. The van der Waals surface area contributed by atoms with Crippen molar-refractivity contribution >= 4 is 39.1 Å². The third-order valence-electron chi connectivity index (χ3n) is 5.51. The number of hydrogen-bond donors (Lipinski definition) is 1. The Hall–Kier alpha value is -2.42. The number of nitrogens with zero attached hydrogens (tertiary/aromatic N) is 4. The number of fused-ring (bicyclic) bond motifs is 5. The van der Waals surface area contributed by atoms with Crippen molar-refractivity contribution in [1.29, 1.82) is 0 Å². The van der Waals surface area contributed by atoms with E-state index in [1.54, 1.807) is 27.7 Å². The number of aromatic nitrogens is 4. The van der Waals surface area contributed by atoms with Gasteiger partial charge in [0.25, 0.3) is 5.56 Å². The second kappa shape index (κ2) is 7.37. The summed E-state index contributed by atoms with van der Waals surface area (Å²) in [4.78, 5) is 17.5. The van der Waals surface area contributed by atoms with Gasteiger partial charge in [0.1, 0.15) is 11.4 Å². The molecule has 1 aliphatic rings. The monoisotopic (exact) mass is 438 g/mol. The fourth-order valence-electron chi connectivity index (χ4n) is 3.98. The lowest BCUT2D eigenvalue weighted by Gasteiger charge is -2.19. The summed E-state index contributed by atoms with van der Waals surface area (Å²) in [7, 11) is 2.21. The standard InChI is InChI=1S/C22H23N5OS2/c1-13(2)12-29-22-24-23-21-26(15-7-5-14(3)6-8-15)19(28)18-16-9-10-25(4)11-17(16)30-20(18)27(21)22/h5-8H,1,9-12H2,2-4H3/p+1. The van der Waals surface area contributed by atoms with E-state index >= 15 is 0 Å². The second-order valence-corrected chi connectivity index (χ2v) is 10.2. The number of rotatable bonds is 4. The predicted molar refractivity (Wildman–Crippen MR) is 123 cm³/mol. The number of likely N-dealkylation sites (N-methyl/N-ethyl adjacent to an activating group) is 1. The molecule has 8 heteroatoms. The van der Waals surface area contributed by atoms with Crippen LogP contribution in [0.5, 0.6) is 0 Å². The molecule has 4 aromatic rings. The fourth-order valence-corrected chi connectivity index (χ4v) is 6.26. The molecule has 0 saturated heterocycles. The largest absolute Gasteiger partial charge is 0.333 e. The number of hydrogen-bond acceptors (Lipinski definition) is 5. The zero-order valence-electron chi connectivity index (χ0n) is 17.4. The first-order valence-electron chi connectivity index (χ1n) is 10.0. The Bertz CT molecular complexity index is 1350. The summed E-state index contributed by atoms with van der Waals surface area (Å²) in [6.07, 6.45) is 0.923. The van der Waals surface area contributed by atoms with E-state index in [0.717, 1.165) is 57.5 Å². The zero-order chi connectivity index (χ0) is 21.0. The van der Waals surface area contributed by atoms with Crippen molar-refractivity contribution in [2.75, 3.05) is 19.3 Å². The number of benzene rings is 1. The van der Waals surface area contributed by atoms with Crippen LogP contribution in [-0.4, -0.2) is 38.5 Å². The summed E-state index contributed by atoms with van der Waals surface area (Å²) in [5.41, 5.74) is 4.26. The van der Waals surface area contributed by atoms with E-state index < -0.39 is 0 Å². The van der Waals surface area contributed by atoms with Gasteiger partial charge in [-0.25, -0.2) is 8.97 Å². The Kier molecular flexibility index (Phi) is 4.80. The molecule has 1 N–H and O–H groups in total. The van der Waals surface area contributed by atoms with E-state index in [1.165, 1.54) is 15.3 Å². The predicted octanol–water partition coefficient (Wildman–Crippen LogP) is 2.64. The average molecular weight is 439 g/mol. The summed E-state index contributed by atoms with van der Waals surface area (Å²) >= 11 is 3.33. The van der Waals surface area contributed by atoms with Crippen LogP contribution in [0.3, 0.4) is 0 Å². The molecular weight excluding hydrogens is 414 g/mol. The number of nitrogens with one attached hydrogen (secondary N) is 1. The van der Waals surface area contributed by atoms with Crippen LogP contribution < -0.4 is 10.5 Å². The maximum atomic E-state index is 13.8. The fraction of sp³-hybridized carbons (Fsp3) is 0.318. The minimum Gasteiger partial charge on any atom is -0.333 e. The first-order chi connectivity index (χ1) is 14.4. The van der Waals surface area contributed by atoms with Gasteiger partial charge in [0, 0.05) is 12.2 Å². The third kappa shape index (κ3) is 3.10. The zero-order valence-corrected chi connectivity index (χ0v) is 19.0. The van der Waals surface area contributed by atoms with Gasteiger partial charge in [-0.2, -0.15) is 0 Å². The average Bonchev–Trinajstić information content (AvgIpc) is 3.28. The molecule has 1 aliphatic heterocycles. The molecule has 0 aliphatic carbocycles. The van der Waals surface area contributed by atoms with Crippen LogP contribution in [0, 0.1) is 6.92 Å². The van der Waals surface area contributed by atoms with E-state index in [1.807, 2.05) is 38.1 Å². The first kappa shape index (κ1) is 19.5. The van der Waals surface area contributed by atoms with Crippen LogP contribution in [0.4, 0.5) is 0 Å². The maximum Gasteiger partial charge on any atom is 0.268 e. The van der Waals surface area contributed by atoms with Crippen LogP contribution in [0.1, 0.15) is 22.9 Å². The van der Waals surface area contributed by atoms with Crippen LogP contribution in [-0.2, 0) is 13.0 Å². The van der Waals surface area contributed by atoms with Crippen molar-refractivity contribution in [3.63, 3.8) is 0 Å². The Balaban J connectivity index is 1.86. The summed E-state index contributed by atoms with van der Waals surface area (Å²) < 4.78 is 3.79. The van der Waals surface area contributed by atoms with Crippen LogP contribution in [0.25, 0.3) is 21.7 Å². The summed E-state index contributed by atoms with van der Waals surface area (Å²) in [6, 6.07) is 8.01. The van der Waals surface area contributed by atoms with Gasteiger partial charge in [-0.1, -0.05) is 41.6 Å². The highest BCUT2D eigenvalue weighted by Crippen LogP contribution is 2.33. The van der Waals surface area contributed by atoms with Crippen molar-refractivity contribution in [3.8, 4) is 5.69 Å².